The van der Waals surface area contributed by atoms with Crippen molar-refractivity contribution in [3.8, 4) is 5.75 Å². The molecular formula is C24H29NO2. The maximum absolute atomic E-state index is 6.30. The first-order valence-corrected chi connectivity index (χ1v) is 10.2. The average molecular weight is 364 g/mol. The summed E-state index contributed by atoms with van der Waals surface area (Å²) in [6.45, 7) is 8.47. The molecule has 2 aromatic carbocycles. The highest BCUT2D eigenvalue weighted by atomic mass is 16.5. The van der Waals surface area contributed by atoms with Crippen LogP contribution in [0.25, 0.3) is 11.0 Å². The molecule has 142 valence electrons. The van der Waals surface area contributed by atoms with Gasteiger partial charge >= 0.3 is 0 Å². The van der Waals surface area contributed by atoms with E-state index in [2.05, 4.69) is 54.3 Å². The van der Waals surface area contributed by atoms with E-state index >= 15 is 0 Å². The molecule has 1 fully saturated rings. The van der Waals surface area contributed by atoms with Gasteiger partial charge in [0.15, 0.2) is 0 Å². The van der Waals surface area contributed by atoms with Crippen molar-refractivity contribution in [1.82, 2.24) is 4.90 Å². The zero-order valence-corrected chi connectivity index (χ0v) is 16.5. The van der Waals surface area contributed by atoms with E-state index in [0.29, 0.717) is 6.61 Å². The van der Waals surface area contributed by atoms with Gasteiger partial charge in [0.1, 0.15) is 17.1 Å². The molecule has 1 aliphatic heterocycles. The molecule has 0 bridgehead atoms. The molecule has 3 heteroatoms. The van der Waals surface area contributed by atoms with Crippen molar-refractivity contribution in [1.29, 1.82) is 0 Å². The fraction of sp³-hybridized carbons (Fsp3) is 0.417. The van der Waals surface area contributed by atoms with Crippen molar-refractivity contribution in [2.45, 2.75) is 39.5 Å². The predicted molar refractivity (Wildman–Crippen MR) is 111 cm³/mol. The second kappa shape index (κ2) is 8.18. The highest BCUT2D eigenvalue weighted by Crippen LogP contribution is 2.30. The van der Waals surface area contributed by atoms with Crippen molar-refractivity contribution in [2.24, 2.45) is 0 Å². The summed E-state index contributed by atoms with van der Waals surface area (Å²) in [4.78, 5) is 2.58. The summed E-state index contributed by atoms with van der Waals surface area (Å²) in [6, 6.07) is 14.9. The molecule has 0 amide bonds. The van der Waals surface area contributed by atoms with Crippen LogP contribution in [0.15, 0.2) is 46.9 Å². The molecule has 1 aliphatic rings. The first kappa shape index (κ1) is 18.1. The third-order valence-electron chi connectivity index (χ3n) is 5.51. The highest BCUT2D eigenvalue weighted by molar-refractivity contribution is 5.83. The van der Waals surface area contributed by atoms with Gasteiger partial charge in [-0.25, -0.2) is 0 Å². The fourth-order valence-corrected chi connectivity index (χ4v) is 4.06. The molecule has 4 rings (SSSR count). The normalized spacial score (nSPS) is 14.9. The third kappa shape index (κ3) is 4.19. The van der Waals surface area contributed by atoms with E-state index in [1.807, 2.05) is 6.92 Å². The summed E-state index contributed by atoms with van der Waals surface area (Å²) in [5.74, 6) is 2.04. The topological polar surface area (TPSA) is 25.6 Å². The van der Waals surface area contributed by atoms with Crippen molar-refractivity contribution < 1.29 is 9.15 Å². The minimum absolute atomic E-state index is 0.697. The number of fused-ring (bicyclic) bond motifs is 1. The van der Waals surface area contributed by atoms with Gasteiger partial charge in [-0.1, -0.05) is 23.8 Å². The Morgan fingerprint density at radius 3 is 2.56 bits per heavy atom. The quantitative estimate of drug-likeness (QED) is 0.564. The Hall–Kier alpha value is -2.26. The molecular weight excluding hydrogens is 334 g/mol. The third-order valence-corrected chi connectivity index (χ3v) is 5.51. The molecule has 3 aromatic rings. The second-order valence-corrected chi connectivity index (χ2v) is 7.56. The average Bonchev–Trinajstić information content (AvgIpc) is 3.29. The number of hydrogen-bond acceptors (Lipinski definition) is 3. The van der Waals surface area contributed by atoms with Gasteiger partial charge < -0.3 is 14.1 Å². The molecule has 0 radical (unpaired) electrons. The summed E-state index contributed by atoms with van der Waals surface area (Å²) < 4.78 is 11.9. The number of likely N-dealkylation sites (tertiary alicyclic amines) is 1. The molecule has 1 aromatic heterocycles. The number of hydrogen-bond donors (Lipinski definition) is 0. The molecule has 0 N–H and O–H groups in total. The number of benzene rings is 2. The summed E-state index contributed by atoms with van der Waals surface area (Å²) in [6.07, 6.45) is 4.56. The van der Waals surface area contributed by atoms with Crippen LogP contribution in [-0.2, 0) is 12.8 Å². The number of ether oxygens (including phenoxy) is 1. The largest absolute Gasteiger partial charge is 0.494 e. The Labute approximate surface area is 161 Å². The number of aryl methyl sites for hydroxylation is 1. The van der Waals surface area contributed by atoms with Crippen LogP contribution in [0.1, 0.15) is 42.2 Å². The second-order valence-electron chi connectivity index (χ2n) is 7.56. The van der Waals surface area contributed by atoms with Gasteiger partial charge in [-0.15, -0.1) is 0 Å². The van der Waals surface area contributed by atoms with Gasteiger partial charge in [-0.05, 0) is 76.0 Å². The highest BCUT2D eigenvalue weighted by Gasteiger charge is 2.17. The molecule has 0 spiro atoms. The van der Waals surface area contributed by atoms with Crippen LogP contribution in [0.2, 0.25) is 0 Å². The summed E-state index contributed by atoms with van der Waals surface area (Å²) in [7, 11) is 0. The van der Waals surface area contributed by atoms with Gasteiger partial charge in [0, 0.05) is 23.9 Å². The first-order chi connectivity index (χ1) is 13.2. The summed E-state index contributed by atoms with van der Waals surface area (Å²) >= 11 is 0. The van der Waals surface area contributed by atoms with Gasteiger partial charge in [0.2, 0.25) is 0 Å². The Kier molecular flexibility index (Phi) is 5.49. The standard InChI is InChI=1S/C24H29NO2/c1-3-26-20-9-7-19(8-10-20)17-24-21(12-15-25-13-4-5-14-25)22-16-18(2)6-11-23(22)27-24/h6-11,16H,3-5,12-15,17H2,1-2H3. The summed E-state index contributed by atoms with van der Waals surface area (Å²) in [5.41, 5.74) is 4.95. The Balaban J connectivity index is 1.60. The van der Waals surface area contributed by atoms with E-state index in [-0.39, 0.29) is 0 Å². The minimum Gasteiger partial charge on any atom is -0.494 e. The maximum Gasteiger partial charge on any atom is 0.134 e. The van der Waals surface area contributed by atoms with Gasteiger partial charge in [-0.3, -0.25) is 0 Å². The molecule has 1 saturated heterocycles. The fourth-order valence-electron chi connectivity index (χ4n) is 4.06. The van der Waals surface area contributed by atoms with Crippen LogP contribution >= 0.6 is 0 Å². The SMILES string of the molecule is CCOc1ccc(Cc2oc3ccc(C)cc3c2CCN2CCCC2)cc1. The van der Waals surface area contributed by atoms with Gasteiger partial charge in [-0.2, -0.15) is 0 Å². The van der Waals surface area contributed by atoms with E-state index in [9.17, 15) is 0 Å². The van der Waals surface area contributed by atoms with Crippen molar-refractivity contribution >= 4 is 11.0 Å². The van der Waals surface area contributed by atoms with E-state index in [4.69, 9.17) is 9.15 Å². The number of nitrogens with zero attached hydrogens (tertiary/aromatic N) is 1. The monoisotopic (exact) mass is 363 g/mol. The number of furan rings is 1. The summed E-state index contributed by atoms with van der Waals surface area (Å²) in [5, 5.41) is 1.29. The minimum atomic E-state index is 0.697. The van der Waals surface area contributed by atoms with Crippen LogP contribution in [0, 0.1) is 6.92 Å². The van der Waals surface area contributed by atoms with E-state index in [1.54, 1.807) is 0 Å². The van der Waals surface area contributed by atoms with Gasteiger partial charge in [0.25, 0.3) is 0 Å². The first-order valence-electron chi connectivity index (χ1n) is 10.2. The molecule has 2 heterocycles. The van der Waals surface area contributed by atoms with Gasteiger partial charge in [0.05, 0.1) is 6.61 Å². The lowest BCUT2D eigenvalue weighted by atomic mass is 10.0. The smallest absolute Gasteiger partial charge is 0.134 e. The lowest BCUT2D eigenvalue weighted by Crippen LogP contribution is -2.22. The molecule has 0 aliphatic carbocycles. The number of rotatable bonds is 7. The zero-order chi connectivity index (χ0) is 18.6. The lowest BCUT2D eigenvalue weighted by molar-refractivity contribution is 0.340. The van der Waals surface area contributed by atoms with E-state index in [1.165, 1.54) is 48.0 Å². The van der Waals surface area contributed by atoms with Crippen LogP contribution < -0.4 is 4.74 Å². The molecule has 3 nitrogen and oxygen atoms in total. The van der Waals surface area contributed by atoms with Crippen LogP contribution in [0.4, 0.5) is 0 Å². The van der Waals surface area contributed by atoms with Crippen molar-refractivity contribution in [3.05, 3.63) is 64.9 Å². The van der Waals surface area contributed by atoms with Crippen molar-refractivity contribution in [2.75, 3.05) is 26.2 Å². The molecule has 0 saturated carbocycles. The molecule has 0 atom stereocenters. The molecule has 0 unspecified atom stereocenters. The van der Waals surface area contributed by atoms with Crippen molar-refractivity contribution in [3.63, 3.8) is 0 Å². The van der Waals surface area contributed by atoms with E-state index < -0.39 is 0 Å². The lowest BCUT2D eigenvalue weighted by Gasteiger charge is -2.14. The Morgan fingerprint density at radius 2 is 1.81 bits per heavy atom. The Bertz CT molecular complexity index is 889. The van der Waals surface area contributed by atoms with Crippen LogP contribution in [0.5, 0.6) is 5.75 Å². The Morgan fingerprint density at radius 1 is 1.04 bits per heavy atom. The van der Waals surface area contributed by atoms with Crippen LogP contribution in [-0.4, -0.2) is 31.1 Å². The van der Waals surface area contributed by atoms with E-state index in [0.717, 1.165) is 36.5 Å². The zero-order valence-electron chi connectivity index (χ0n) is 16.5. The molecule has 27 heavy (non-hydrogen) atoms. The maximum atomic E-state index is 6.30. The van der Waals surface area contributed by atoms with Crippen LogP contribution in [0.3, 0.4) is 0 Å². The predicted octanol–water partition coefficient (Wildman–Crippen LogP) is 5.37.